The van der Waals surface area contributed by atoms with Crippen LogP contribution < -0.4 is 0 Å². The first-order valence-electron chi connectivity index (χ1n) is 8.41. The van der Waals surface area contributed by atoms with Crippen LogP contribution in [-0.2, 0) is 0 Å². The highest BCUT2D eigenvalue weighted by atomic mass is 31.1. The minimum absolute atomic E-state index is 0.512. The van der Waals surface area contributed by atoms with Gasteiger partial charge in [0.1, 0.15) is 0 Å². The van der Waals surface area contributed by atoms with Gasteiger partial charge in [0.25, 0.3) is 0 Å². The molecule has 0 radical (unpaired) electrons. The lowest BCUT2D eigenvalue weighted by molar-refractivity contribution is 0.724. The molecule has 132 valence electrons. The van der Waals surface area contributed by atoms with Gasteiger partial charge in [-0.15, -0.1) is 17.2 Å². The predicted octanol–water partition coefficient (Wildman–Crippen LogP) is 7.94. The molecule has 21 heavy (non-hydrogen) atoms. The second kappa shape index (κ2) is 10.6. The molecule has 0 aliphatic heterocycles. The molecule has 0 unspecified atom stereocenters. The summed E-state index contributed by atoms with van der Waals surface area (Å²) in [5, 5.41) is 2.05. The van der Waals surface area contributed by atoms with Crippen molar-refractivity contribution in [3.05, 3.63) is 0 Å². The van der Waals surface area contributed by atoms with Crippen molar-refractivity contribution in [2.24, 2.45) is 0 Å². The maximum absolute atomic E-state index is 2.30. The van der Waals surface area contributed by atoms with Gasteiger partial charge in [0.15, 0.2) is 0 Å². The highest BCUT2D eigenvalue weighted by Crippen LogP contribution is 2.42. The Kier molecular flexibility index (Phi) is 13.5. The van der Waals surface area contributed by atoms with Gasteiger partial charge < -0.3 is 0 Å². The summed E-state index contributed by atoms with van der Waals surface area (Å²) in [6.45, 7) is 31.9. The van der Waals surface area contributed by atoms with Gasteiger partial charge in [-0.2, -0.15) is 0 Å². The summed E-state index contributed by atoms with van der Waals surface area (Å²) in [5.41, 5.74) is 0. The van der Waals surface area contributed by atoms with Gasteiger partial charge in [-0.1, -0.05) is 103 Å². The molecule has 0 saturated heterocycles. The Morgan fingerprint density at radius 1 is 0.429 bits per heavy atom. The fourth-order valence-corrected chi connectivity index (χ4v) is 6.75. The van der Waals surface area contributed by atoms with E-state index in [2.05, 4.69) is 96.9 Å². The van der Waals surface area contributed by atoms with Crippen LogP contribution in [0.25, 0.3) is 0 Å². The van der Waals surface area contributed by atoms with Crippen molar-refractivity contribution in [3.8, 4) is 0 Å². The van der Waals surface area contributed by atoms with E-state index >= 15 is 0 Å². The van der Waals surface area contributed by atoms with E-state index in [1.165, 1.54) is 6.42 Å². The lowest BCUT2D eigenvalue weighted by atomic mass is 10.2. The summed E-state index contributed by atoms with van der Waals surface area (Å²) in [6.07, 6.45) is 1.25. The van der Waals surface area contributed by atoms with Crippen LogP contribution in [0.2, 0.25) is 0 Å². The van der Waals surface area contributed by atoms with Crippen LogP contribution in [0, 0.1) is 0 Å². The molecule has 0 N–H and O–H groups in total. The molecule has 0 bridgehead atoms. The van der Waals surface area contributed by atoms with Gasteiger partial charge in [-0.05, 0) is 20.6 Å². The zero-order valence-electron chi connectivity index (χ0n) is 17.7. The van der Waals surface area contributed by atoms with Gasteiger partial charge in [0.2, 0.25) is 0 Å². The zero-order valence-corrected chi connectivity index (χ0v) is 19.7. The average molecular weight is 337 g/mol. The molecule has 0 amide bonds. The normalized spacial score (nSPS) is 12.9. The van der Waals surface area contributed by atoms with Gasteiger partial charge in [-0.3, -0.25) is 0 Å². The third-order valence-electron chi connectivity index (χ3n) is 1.50. The Labute approximate surface area is 141 Å². The summed E-state index contributed by atoms with van der Waals surface area (Å²) in [5.74, 6) is 0. The Hall–Kier alpha value is 0.860. The van der Waals surface area contributed by atoms with E-state index in [1.807, 2.05) is 0 Å². The van der Waals surface area contributed by atoms with E-state index in [-0.39, 0.29) is 0 Å². The first kappa shape index (κ1) is 26.7. The molecule has 0 aromatic carbocycles. The fourth-order valence-electron chi connectivity index (χ4n) is 2.25. The molecule has 0 spiro atoms. The summed E-state index contributed by atoms with van der Waals surface area (Å²) in [6, 6.07) is 0. The van der Waals surface area contributed by atoms with Crippen LogP contribution in [-0.4, -0.2) is 20.6 Å². The van der Waals surface area contributed by atoms with Crippen LogP contribution in [0.5, 0.6) is 0 Å². The Bertz CT molecular complexity index is 178. The minimum Gasteiger partial charge on any atom is -0.111 e. The molecule has 0 nitrogen and oxygen atoms in total. The lowest BCUT2D eigenvalue weighted by Crippen LogP contribution is -2.16. The predicted molar refractivity (Wildman–Crippen MR) is 112 cm³/mol. The summed E-state index contributed by atoms with van der Waals surface area (Å²) >= 11 is 0. The lowest BCUT2D eigenvalue weighted by Gasteiger charge is -2.28. The largest absolute Gasteiger partial charge is 0.111 e. The smallest absolute Gasteiger partial charge is 0.0202 e. The maximum atomic E-state index is 2.30. The number of hydrogen-bond acceptors (Lipinski definition) is 0. The monoisotopic (exact) mass is 336 g/mol. The van der Waals surface area contributed by atoms with Crippen molar-refractivity contribution in [1.29, 1.82) is 0 Å². The van der Waals surface area contributed by atoms with Crippen molar-refractivity contribution >= 4 is 17.2 Å². The van der Waals surface area contributed by atoms with Crippen molar-refractivity contribution in [2.45, 2.75) is 124 Å². The molecule has 0 heterocycles. The van der Waals surface area contributed by atoms with Gasteiger partial charge >= 0.3 is 0 Å². The standard InChI is InChI=1S/2C8H19P.C3H8/c2*1-7(2,3)9-8(4,5)6;1-3-2/h2*9H,1-6H3;3H2,1-2H3. The van der Waals surface area contributed by atoms with E-state index in [1.54, 1.807) is 0 Å². The Morgan fingerprint density at radius 2 is 0.524 bits per heavy atom. The third kappa shape index (κ3) is 44.9. The molecule has 0 rings (SSSR count). The van der Waals surface area contributed by atoms with Crippen LogP contribution in [0.1, 0.15) is 103 Å². The van der Waals surface area contributed by atoms with E-state index < -0.39 is 0 Å². The molecule has 0 aromatic rings. The molecule has 0 atom stereocenters. The molecule has 0 aliphatic carbocycles. The maximum Gasteiger partial charge on any atom is -0.0202 e. The van der Waals surface area contributed by atoms with Gasteiger partial charge in [0.05, 0.1) is 0 Å². The van der Waals surface area contributed by atoms with E-state index in [9.17, 15) is 0 Å². The zero-order chi connectivity index (χ0) is 18.1. The molecule has 0 aliphatic rings. The van der Waals surface area contributed by atoms with Crippen LogP contribution in [0.3, 0.4) is 0 Å². The highest BCUT2D eigenvalue weighted by Gasteiger charge is 2.20. The molecule has 0 saturated carbocycles. The number of hydrogen-bond donors (Lipinski definition) is 0. The summed E-state index contributed by atoms with van der Waals surface area (Å²) in [4.78, 5) is 0. The summed E-state index contributed by atoms with van der Waals surface area (Å²) < 4.78 is 0. The second-order valence-electron chi connectivity index (χ2n) is 9.96. The molecule has 2 heteroatoms. The van der Waals surface area contributed by atoms with Crippen LogP contribution >= 0.6 is 17.2 Å². The van der Waals surface area contributed by atoms with Crippen molar-refractivity contribution in [1.82, 2.24) is 0 Å². The summed E-state index contributed by atoms with van der Waals surface area (Å²) in [7, 11) is 2.10. The molecular weight excluding hydrogens is 290 g/mol. The number of rotatable bonds is 0. The van der Waals surface area contributed by atoms with Crippen LogP contribution in [0.15, 0.2) is 0 Å². The van der Waals surface area contributed by atoms with Crippen molar-refractivity contribution < 1.29 is 0 Å². The van der Waals surface area contributed by atoms with E-state index in [0.717, 1.165) is 17.2 Å². The minimum atomic E-state index is 0.512. The van der Waals surface area contributed by atoms with Crippen LogP contribution in [0.4, 0.5) is 0 Å². The van der Waals surface area contributed by atoms with Gasteiger partial charge in [-0.25, -0.2) is 0 Å². The fraction of sp³-hybridized carbons (Fsp3) is 1.00. The quantitative estimate of drug-likeness (QED) is 0.394. The van der Waals surface area contributed by atoms with E-state index in [4.69, 9.17) is 0 Å². The molecular formula is C19H46P2. The molecule has 0 fully saturated rings. The first-order valence-corrected chi connectivity index (χ1v) is 10.4. The molecule has 0 aromatic heterocycles. The first-order chi connectivity index (χ1) is 8.83. The highest BCUT2D eigenvalue weighted by molar-refractivity contribution is 7.42. The SMILES string of the molecule is CC(C)(C)PC(C)(C)C.CC(C)(C)PC(C)(C)C.CCC. The second-order valence-corrected chi connectivity index (χ2v) is 16.5. The average Bonchev–Trinajstić information content (AvgIpc) is 1.88. The van der Waals surface area contributed by atoms with E-state index in [0.29, 0.717) is 20.6 Å². The van der Waals surface area contributed by atoms with Crippen molar-refractivity contribution in [3.63, 3.8) is 0 Å². The Balaban J connectivity index is -0.000000260. The van der Waals surface area contributed by atoms with Gasteiger partial charge in [0, 0.05) is 0 Å². The van der Waals surface area contributed by atoms with Crippen molar-refractivity contribution in [2.75, 3.05) is 0 Å². The third-order valence-corrected chi connectivity index (χ3v) is 4.50. The topological polar surface area (TPSA) is 0 Å². The Morgan fingerprint density at radius 3 is 0.524 bits per heavy atom.